The number of rotatable bonds is 8. The van der Waals surface area contributed by atoms with Gasteiger partial charge in [-0.3, -0.25) is 0 Å². The first-order valence-electron chi connectivity index (χ1n) is 6.69. The van der Waals surface area contributed by atoms with E-state index in [1.54, 1.807) is 14.2 Å². The van der Waals surface area contributed by atoms with Crippen LogP contribution in [0, 0.1) is 0 Å². The Bertz CT molecular complexity index is 384. The normalized spacial score (nSPS) is 14.2. The predicted octanol–water partition coefficient (Wildman–Crippen LogP) is 3.29. The van der Waals surface area contributed by atoms with Crippen molar-refractivity contribution < 1.29 is 9.47 Å². The van der Waals surface area contributed by atoms with E-state index >= 15 is 0 Å². The van der Waals surface area contributed by atoms with E-state index in [0.29, 0.717) is 6.04 Å². The van der Waals surface area contributed by atoms with Crippen molar-refractivity contribution in [3.8, 4) is 5.75 Å². The Morgan fingerprint density at radius 3 is 2.63 bits per heavy atom. The minimum atomic E-state index is 0.231. The van der Waals surface area contributed by atoms with Crippen molar-refractivity contribution in [1.82, 2.24) is 5.32 Å². The minimum absolute atomic E-state index is 0.231. The Morgan fingerprint density at radius 2 is 2.05 bits per heavy atom. The molecule has 0 aromatic heterocycles. The van der Waals surface area contributed by atoms with Crippen LogP contribution in [0.15, 0.2) is 18.2 Å². The Kier molecular flexibility index (Phi) is 7.21. The fourth-order valence-electron chi connectivity index (χ4n) is 2.20. The van der Waals surface area contributed by atoms with Crippen LogP contribution in [0.4, 0.5) is 0 Å². The number of ether oxygens (including phenoxy) is 2. The molecule has 0 saturated carbocycles. The fourth-order valence-corrected chi connectivity index (χ4v) is 2.39. The van der Waals surface area contributed by atoms with Gasteiger partial charge in [-0.1, -0.05) is 18.5 Å². The van der Waals surface area contributed by atoms with Crippen LogP contribution in [0.2, 0.25) is 5.02 Å². The Balaban J connectivity index is 2.80. The molecule has 108 valence electrons. The van der Waals surface area contributed by atoms with E-state index in [1.807, 2.05) is 18.2 Å². The molecule has 0 radical (unpaired) electrons. The molecule has 1 aromatic carbocycles. The van der Waals surface area contributed by atoms with Crippen LogP contribution in [0.5, 0.6) is 5.75 Å². The zero-order valence-corrected chi connectivity index (χ0v) is 13.0. The molecule has 4 heteroatoms. The van der Waals surface area contributed by atoms with Gasteiger partial charge in [-0.2, -0.15) is 0 Å². The second kappa shape index (κ2) is 8.41. The van der Waals surface area contributed by atoms with E-state index in [0.717, 1.165) is 35.7 Å². The van der Waals surface area contributed by atoms with Gasteiger partial charge in [0.25, 0.3) is 0 Å². The molecule has 0 amide bonds. The smallest absolute Gasteiger partial charge is 0.122 e. The predicted molar refractivity (Wildman–Crippen MR) is 80.3 cm³/mol. The van der Waals surface area contributed by atoms with Gasteiger partial charge in [0, 0.05) is 18.2 Å². The summed E-state index contributed by atoms with van der Waals surface area (Å²) in [7, 11) is 3.43. The van der Waals surface area contributed by atoms with E-state index in [-0.39, 0.29) is 6.10 Å². The molecule has 0 saturated heterocycles. The minimum Gasteiger partial charge on any atom is -0.496 e. The lowest BCUT2D eigenvalue weighted by atomic mass is 10.00. The molecule has 0 fully saturated rings. The zero-order chi connectivity index (χ0) is 14.3. The lowest BCUT2D eigenvalue weighted by molar-refractivity contribution is 0.100. The van der Waals surface area contributed by atoms with E-state index in [9.17, 15) is 0 Å². The Labute approximate surface area is 121 Å². The molecular formula is C15H24ClNO2. The van der Waals surface area contributed by atoms with E-state index in [2.05, 4.69) is 19.2 Å². The van der Waals surface area contributed by atoms with Crippen molar-refractivity contribution in [2.24, 2.45) is 0 Å². The first-order chi connectivity index (χ1) is 9.10. The third kappa shape index (κ3) is 5.39. The molecule has 1 rings (SSSR count). The second-order valence-electron chi connectivity index (χ2n) is 4.70. The molecule has 0 spiro atoms. The monoisotopic (exact) mass is 285 g/mol. The van der Waals surface area contributed by atoms with Gasteiger partial charge >= 0.3 is 0 Å². The van der Waals surface area contributed by atoms with Crippen LogP contribution >= 0.6 is 11.6 Å². The molecular weight excluding hydrogens is 262 g/mol. The van der Waals surface area contributed by atoms with Crippen LogP contribution in [0.3, 0.4) is 0 Å². The zero-order valence-electron chi connectivity index (χ0n) is 12.2. The Hall–Kier alpha value is -0.770. The molecule has 0 aliphatic carbocycles. The van der Waals surface area contributed by atoms with Crippen LogP contribution in [-0.2, 0) is 11.2 Å². The molecule has 1 N–H and O–H groups in total. The highest BCUT2D eigenvalue weighted by atomic mass is 35.5. The van der Waals surface area contributed by atoms with Gasteiger partial charge in [0.15, 0.2) is 0 Å². The second-order valence-corrected chi connectivity index (χ2v) is 5.13. The average Bonchev–Trinajstić information content (AvgIpc) is 2.39. The molecule has 1 aromatic rings. The quantitative estimate of drug-likeness (QED) is 0.795. The van der Waals surface area contributed by atoms with E-state index in [1.165, 1.54) is 0 Å². The van der Waals surface area contributed by atoms with E-state index in [4.69, 9.17) is 21.1 Å². The molecule has 2 unspecified atom stereocenters. The van der Waals surface area contributed by atoms with Crippen molar-refractivity contribution in [1.29, 1.82) is 0 Å². The highest BCUT2D eigenvalue weighted by Crippen LogP contribution is 2.24. The summed E-state index contributed by atoms with van der Waals surface area (Å²) < 4.78 is 10.7. The molecule has 0 aliphatic heterocycles. The van der Waals surface area contributed by atoms with Crippen LogP contribution < -0.4 is 10.1 Å². The SMILES string of the molecule is CCNC(Cc1cc(Cl)ccc1OC)CC(C)OC. The number of halogens is 1. The first kappa shape index (κ1) is 16.3. The maximum absolute atomic E-state index is 6.07. The van der Waals surface area contributed by atoms with Crippen LogP contribution in [-0.4, -0.2) is 32.9 Å². The summed E-state index contributed by atoms with van der Waals surface area (Å²) in [6.07, 6.45) is 2.07. The standard InChI is InChI=1S/C15H24ClNO2/c1-5-17-14(8-11(2)18-3)10-12-9-13(16)6-7-15(12)19-4/h6-7,9,11,14,17H,5,8,10H2,1-4H3. The highest BCUT2D eigenvalue weighted by Gasteiger charge is 2.15. The first-order valence-corrected chi connectivity index (χ1v) is 7.07. The van der Waals surface area contributed by atoms with Crippen molar-refractivity contribution in [3.05, 3.63) is 28.8 Å². The highest BCUT2D eigenvalue weighted by molar-refractivity contribution is 6.30. The fraction of sp³-hybridized carbons (Fsp3) is 0.600. The van der Waals surface area contributed by atoms with E-state index < -0.39 is 0 Å². The van der Waals surface area contributed by atoms with Crippen LogP contribution in [0.25, 0.3) is 0 Å². The number of benzene rings is 1. The summed E-state index contributed by atoms with van der Waals surface area (Å²) in [5, 5.41) is 4.23. The molecule has 3 nitrogen and oxygen atoms in total. The van der Waals surface area contributed by atoms with Gasteiger partial charge in [0.2, 0.25) is 0 Å². The van der Waals surface area contributed by atoms with Gasteiger partial charge in [-0.15, -0.1) is 0 Å². The van der Waals surface area contributed by atoms with Gasteiger partial charge in [-0.05, 0) is 50.1 Å². The lowest BCUT2D eigenvalue weighted by Gasteiger charge is -2.22. The van der Waals surface area contributed by atoms with Crippen LogP contribution in [0.1, 0.15) is 25.8 Å². The summed E-state index contributed by atoms with van der Waals surface area (Å²) in [5.41, 5.74) is 1.13. The number of likely N-dealkylation sites (N-methyl/N-ethyl adjacent to an activating group) is 1. The molecule has 0 bridgehead atoms. The molecule has 19 heavy (non-hydrogen) atoms. The molecule has 2 atom stereocenters. The summed E-state index contributed by atoms with van der Waals surface area (Å²) in [4.78, 5) is 0. The number of nitrogens with one attached hydrogen (secondary N) is 1. The average molecular weight is 286 g/mol. The molecule has 0 aliphatic rings. The topological polar surface area (TPSA) is 30.5 Å². The van der Waals surface area contributed by atoms with Gasteiger partial charge < -0.3 is 14.8 Å². The number of hydrogen-bond acceptors (Lipinski definition) is 3. The number of methoxy groups -OCH3 is 2. The third-order valence-electron chi connectivity index (χ3n) is 3.22. The van der Waals surface area contributed by atoms with Crippen molar-refractivity contribution in [2.75, 3.05) is 20.8 Å². The third-order valence-corrected chi connectivity index (χ3v) is 3.46. The molecule has 0 heterocycles. The van der Waals surface area contributed by atoms with Crippen molar-refractivity contribution >= 4 is 11.6 Å². The Morgan fingerprint density at radius 1 is 1.32 bits per heavy atom. The summed E-state index contributed by atoms with van der Waals surface area (Å²) in [6.45, 7) is 5.13. The van der Waals surface area contributed by atoms with Gasteiger partial charge in [-0.25, -0.2) is 0 Å². The number of hydrogen-bond donors (Lipinski definition) is 1. The summed E-state index contributed by atoms with van der Waals surface area (Å²) >= 11 is 6.07. The summed E-state index contributed by atoms with van der Waals surface area (Å²) in [5.74, 6) is 0.886. The lowest BCUT2D eigenvalue weighted by Crippen LogP contribution is -2.34. The summed E-state index contributed by atoms with van der Waals surface area (Å²) in [6, 6.07) is 6.10. The largest absolute Gasteiger partial charge is 0.496 e. The van der Waals surface area contributed by atoms with Crippen molar-refractivity contribution in [2.45, 2.75) is 38.8 Å². The van der Waals surface area contributed by atoms with Gasteiger partial charge in [0.1, 0.15) is 5.75 Å². The maximum atomic E-state index is 6.07. The van der Waals surface area contributed by atoms with Crippen molar-refractivity contribution in [3.63, 3.8) is 0 Å². The maximum Gasteiger partial charge on any atom is 0.122 e. The van der Waals surface area contributed by atoms with Gasteiger partial charge in [0.05, 0.1) is 13.2 Å².